The van der Waals surface area contributed by atoms with Crippen LogP contribution in [0.2, 0.25) is 0 Å². The molecule has 1 atom stereocenters. The third kappa shape index (κ3) is 2.14. The van der Waals surface area contributed by atoms with Gasteiger partial charge in [0.25, 0.3) is 0 Å². The zero-order valence-electron chi connectivity index (χ0n) is 11.1. The predicted octanol–water partition coefficient (Wildman–Crippen LogP) is 2.09. The number of anilines is 1. The molecule has 0 aliphatic carbocycles. The number of fused-ring (bicyclic) bond motifs is 1. The number of primary amides is 1. The Morgan fingerprint density at radius 1 is 1.50 bits per heavy atom. The number of nitrogens with zero attached hydrogens (tertiary/aromatic N) is 3. The van der Waals surface area contributed by atoms with E-state index in [1.165, 1.54) is 0 Å². The van der Waals surface area contributed by atoms with Crippen LogP contribution in [0.3, 0.4) is 0 Å². The maximum absolute atomic E-state index is 11.6. The lowest BCUT2D eigenvalue weighted by Gasteiger charge is -2.23. The Bertz CT molecular complexity index is 690. The van der Waals surface area contributed by atoms with Crippen molar-refractivity contribution in [1.82, 2.24) is 9.97 Å². The summed E-state index contributed by atoms with van der Waals surface area (Å²) in [6.45, 7) is 3.35. The van der Waals surface area contributed by atoms with E-state index >= 15 is 0 Å². The van der Waals surface area contributed by atoms with Gasteiger partial charge in [-0.05, 0) is 41.4 Å². The smallest absolute Gasteiger partial charge is 0.225 e. The number of aromatic nitrogens is 2. The van der Waals surface area contributed by atoms with Crippen LogP contribution < -0.4 is 10.6 Å². The molecule has 0 saturated carbocycles. The Morgan fingerprint density at radius 2 is 2.30 bits per heavy atom. The molecule has 0 radical (unpaired) electrons. The third-order valence-corrected chi connectivity index (χ3v) is 4.37. The molecule has 6 heteroatoms. The molecular formula is C14H15BrN4O. The minimum Gasteiger partial charge on any atom is -0.369 e. The van der Waals surface area contributed by atoms with Gasteiger partial charge in [0, 0.05) is 30.0 Å². The first-order valence-corrected chi connectivity index (χ1v) is 7.24. The highest BCUT2D eigenvalue weighted by molar-refractivity contribution is 9.10. The fraction of sp³-hybridized carbons (Fsp3) is 0.357. The average molecular weight is 335 g/mol. The van der Waals surface area contributed by atoms with E-state index in [9.17, 15) is 4.79 Å². The van der Waals surface area contributed by atoms with Crippen LogP contribution in [0.5, 0.6) is 0 Å². The number of halogens is 1. The van der Waals surface area contributed by atoms with Gasteiger partial charge >= 0.3 is 0 Å². The molecule has 20 heavy (non-hydrogen) atoms. The van der Waals surface area contributed by atoms with Crippen LogP contribution in [0.25, 0.3) is 11.0 Å². The number of rotatable bonds is 2. The van der Waals surface area contributed by atoms with Crippen molar-refractivity contribution in [3.8, 4) is 0 Å². The molecule has 1 saturated heterocycles. The normalized spacial score (nSPS) is 22.4. The van der Waals surface area contributed by atoms with Crippen molar-refractivity contribution in [3.05, 3.63) is 29.0 Å². The molecule has 3 heterocycles. The average Bonchev–Trinajstić information content (AvgIpc) is 2.81. The van der Waals surface area contributed by atoms with Crippen molar-refractivity contribution in [1.29, 1.82) is 0 Å². The largest absolute Gasteiger partial charge is 0.369 e. The van der Waals surface area contributed by atoms with Crippen LogP contribution in [0.15, 0.2) is 29.0 Å². The molecule has 104 valence electrons. The zero-order valence-corrected chi connectivity index (χ0v) is 12.7. The van der Waals surface area contributed by atoms with E-state index in [0.29, 0.717) is 6.54 Å². The Morgan fingerprint density at radius 3 is 3.00 bits per heavy atom. The maximum Gasteiger partial charge on any atom is 0.225 e. The second-order valence-electron chi connectivity index (χ2n) is 5.45. The van der Waals surface area contributed by atoms with Crippen LogP contribution in [-0.2, 0) is 4.79 Å². The minimum absolute atomic E-state index is 0.242. The Balaban J connectivity index is 2.02. The van der Waals surface area contributed by atoms with Gasteiger partial charge in [0.15, 0.2) is 0 Å². The Kier molecular flexibility index (Phi) is 3.12. The predicted molar refractivity (Wildman–Crippen MR) is 81.4 cm³/mol. The van der Waals surface area contributed by atoms with Crippen molar-refractivity contribution in [3.63, 3.8) is 0 Å². The molecule has 1 fully saturated rings. The zero-order chi connectivity index (χ0) is 14.3. The number of pyridine rings is 2. The second-order valence-corrected chi connectivity index (χ2v) is 6.36. The fourth-order valence-corrected chi connectivity index (χ4v) is 2.93. The molecule has 5 nitrogen and oxygen atoms in total. The minimum atomic E-state index is -0.467. The van der Waals surface area contributed by atoms with Crippen molar-refractivity contribution >= 4 is 38.6 Å². The monoisotopic (exact) mass is 334 g/mol. The van der Waals surface area contributed by atoms with Crippen LogP contribution >= 0.6 is 15.9 Å². The molecule has 2 aromatic heterocycles. The van der Waals surface area contributed by atoms with E-state index in [1.54, 1.807) is 12.4 Å². The number of hydrogen-bond donors (Lipinski definition) is 1. The Hall–Kier alpha value is -1.69. The molecule has 0 bridgehead atoms. The van der Waals surface area contributed by atoms with Gasteiger partial charge in [-0.25, -0.2) is 0 Å². The second kappa shape index (κ2) is 4.70. The topological polar surface area (TPSA) is 72.1 Å². The van der Waals surface area contributed by atoms with Gasteiger partial charge in [-0.3, -0.25) is 14.8 Å². The molecule has 2 aromatic rings. The fourth-order valence-electron chi connectivity index (χ4n) is 2.61. The highest BCUT2D eigenvalue weighted by Gasteiger charge is 2.39. The molecule has 0 aromatic carbocycles. The van der Waals surface area contributed by atoms with E-state index in [0.717, 1.165) is 34.2 Å². The number of amides is 1. The first-order chi connectivity index (χ1) is 9.49. The molecule has 1 aliphatic rings. The van der Waals surface area contributed by atoms with Crippen LogP contribution in [0.4, 0.5) is 5.69 Å². The number of carbonyl (C=O) groups excluding carboxylic acids is 1. The van der Waals surface area contributed by atoms with Crippen molar-refractivity contribution in [2.45, 2.75) is 13.3 Å². The van der Waals surface area contributed by atoms with E-state index in [-0.39, 0.29) is 5.91 Å². The summed E-state index contributed by atoms with van der Waals surface area (Å²) in [5, 5.41) is 0. The standard InChI is InChI=1S/C14H15BrN4O/c1-14(13(16)20)3-5-19(8-14)11-2-4-17-10-6-9(15)7-18-12(10)11/h2,4,6-7H,3,5,8H2,1H3,(H2,16,20). The van der Waals surface area contributed by atoms with Gasteiger partial charge in [0.1, 0.15) is 5.52 Å². The van der Waals surface area contributed by atoms with Crippen LogP contribution in [0, 0.1) is 5.41 Å². The van der Waals surface area contributed by atoms with Crippen molar-refractivity contribution in [2.75, 3.05) is 18.0 Å². The van der Waals surface area contributed by atoms with E-state index in [4.69, 9.17) is 5.73 Å². The SMILES string of the molecule is CC1(C(N)=O)CCN(c2ccnc3cc(Br)cnc23)C1. The van der Waals surface area contributed by atoms with Gasteiger partial charge in [-0.1, -0.05) is 0 Å². The highest BCUT2D eigenvalue weighted by atomic mass is 79.9. The first kappa shape index (κ1) is 13.3. The summed E-state index contributed by atoms with van der Waals surface area (Å²) in [7, 11) is 0. The van der Waals surface area contributed by atoms with E-state index in [2.05, 4.69) is 30.8 Å². The molecule has 2 N–H and O–H groups in total. The van der Waals surface area contributed by atoms with Gasteiger partial charge in [0.2, 0.25) is 5.91 Å². The lowest BCUT2D eigenvalue weighted by molar-refractivity contribution is -0.125. The molecule has 0 spiro atoms. The van der Waals surface area contributed by atoms with E-state index < -0.39 is 5.41 Å². The molecular weight excluding hydrogens is 320 g/mol. The van der Waals surface area contributed by atoms with E-state index in [1.807, 2.05) is 19.1 Å². The van der Waals surface area contributed by atoms with Crippen LogP contribution in [-0.4, -0.2) is 29.0 Å². The summed E-state index contributed by atoms with van der Waals surface area (Å²) in [4.78, 5) is 22.5. The maximum atomic E-state index is 11.6. The summed E-state index contributed by atoms with van der Waals surface area (Å²) in [6.07, 6.45) is 4.30. The summed E-state index contributed by atoms with van der Waals surface area (Å²) >= 11 is 3.40. The lowest BCUT2D eigenvalue weighted by atomic mass is 9.89. The lowest BCUT2D eigenvalue weighted by Crippen LogP contribution is -2.37. The van der Waals surface area contributed by atoms with Gasteiger partial charge < -0.3 is 10.6 Å². The van der Waals surface area contributed by atoms with Crippen LogP contribution in [0.1, 0.15) is 13.3 Å². The summed E-state index contributed by atoms with van der Waals surface area (Å²) < 4.78 is 0.901. The highest BCUT2D eigenvalue weighted by Crippen LogP contribution is 2.35. The number of nitrogens with two attached hydrogens (primary N) is 1. The van der Waals surface area contributed by atoms with Crippen molar-refractivity contribution < 1.29 is 4.79 Å². The first-order valence-electron chi connectivity index (χ1n) is 6.45. The molecule has 1 unspecified atom stereocenters. The molecule has 1 aliphatic heterocycles. The third-order valence-electron chi connectivity index (χ3n) is 3.93. The summed E-state index contributed by atoms with van der Waals surface area (Å²) in [5.41, 5.74) is 7.73. The number of hydrogen-bond acceptors (Lipinski definition) is 4. The Labute approximate surface area is 125 Å². The van der Waals surface area contributed by atoms with Crippen molar-refractivity contribution in [2.24, 2.45) is 11.1 Å². The quantitative estimate of drug-likeness (QED) is 0.912. The molecule has 3 rings (SSSR count). The molecule has 1 amide bonds. The summed E-state index contributed by atoms with van der Waals surface area (Å²) in [6, 6.07) is 3.88. The summed E-state index contributed by atoms with van der Waals surface area (Å²) in [5.74, 6) is -0.242. The number of carbonyl (C=O) groups is 1. The van der Waals surface area contributed by atoms with Gasteiger partial charge in [-0.15, -0.1) is 0 Å². The van der Waals surface area contributed by atoms with Gasteiger partial charge in [-0.2, -0.15) is 0 Å². The van der Waals surface area contributed by atoms with Gasteiger partial charge in [0.05, 0.1) is 16.6 Å².